The Kier molecular flexibility index (Phi) is 5.78. The second kappa shape index (κ2) is 8.04. The molecule has 0 aromatic heterocycles. The van der Waals surface area contributed by atoms with E-state index >= 15 is 0 Å². The van der Waals surface area contributed by atoms with E-state index in [1.165, 1.54) is 19.3 Å². The van der Waals surface area contributed by atoms with Crippen LogP contribution in [-0.4, -0.2) is 18.6 Å². The zero-order valence-electron chi connectivity index (χ0n) is 14.1. The summed E-state index contributed by atoms with van der Waals surface area (Å²) in [6.45, 7) is 4.32. The van der Waals surface area contributed by atoms with Crippen molar-refractivity contribution in [1.82, 2.24) is 10.6 Å². The Balaban J connectivity index is 1.73. The van der Waals surface area contributed by atoms with Crippen molar-refractivity contribution in [2.24, 2.45) is 11.8 Å². The van der Waals surface area contributed by atoms with Crippen LogP contribution in [0.25, 0.3) is 0 Å². The summed E-state index contributed by atoms with van der Waals surface area (Å²) in [5.74, 6) is -0.537. The van der Waals surface area contributed by atoms with Gasteiger partial charge >= 0.3 is 12.0 Å². The standard InChI is InChI=1S/C19H23BrN2O3/c1-12-16(18(23)25-11-13-6-3-2-4-7-13)17(22-19(24)21-12)14-8-5-9-15(20)10-14/h5,8-10,13,16-17H,1-4,6-7,11H2,(H2,21,22,24). The Bertz CT molecular complexity index is 670. The molecule has 2 atom stereocenters. The first-order valence-corrected chi connectivity index (χ1v) is 9.52. The van der Waals surface area contributed by atoms with Crippen LogP contribution < -0.4 is 10.6 Å². The molecule has 2 unspecified atom stereocenters. The largest absolute Gasteiger partial charge is 0.465 e. The Morgan fingerprint density at radius 2 is 2.04 bits per heavy atom. The molecule has 1 aromatic carbocycles. The maximum Gasteiger partial charge on any atom is 0.319 e. The van der Waals surface area contributed by atoms with Gasteiger partial charge in [-0.3, -0.25) is 4.79 Å². The van der Waals surface area contributed by atoms with Crippen molar-refractivity contribution in [2.75, 3.05) is 6.61 Å². The SMILES string of the molecule is C=C1NC(=O)NC(c2cccc(Br)c2)C1C(=O)OCC1CCCCC1. The molecule has 1 aromatic rings. The maximum absolute atomic E-state index is 12.7. The molecule has 25 heavy (non-hydrogen) atoms. The van der Waals surface area contributed by atoms with E-state index in [9.17, 15) is 9.59 Å². The van der Waals surface area contributed by atoms with Crippen LogP contribution in [0.3, 0.4) is 0 Å². The number of carbonyl (C=O) groups is 2. The van der Waals surface area contributed by atoms with E-state index in [-0.39, 0.29) is 12.0 Å². The van der Waals surface area contributed by atoms with Crippen LogP contribution in [-0.2, 0) is 9.53 Å². The highest BCUT2D eigenvalue weighted by Crippen LogP contribution is 2.32. The second-order valence-electron chi connectivity index (χ2n) is 6.77. The lowest BCUT2D eigenvalue weighted by atomic mass is 9.88. The molecule has 2 aliphatic rings. The summed E-state index contributed by atoms with van der Waals surface area (Å²) in [5, 5.41) is 5.43. The van der Waals surface area contributed by atoms with E-state index in [0.29, 0.717) is 18.2 Å². The van der Waals surface area contributed by atoms with E-state index in [2.05, 4.69) is 33.1 Å². The minimum Gasteiger partial charge on any atom is -0.465 e. The number of urea groups is 1. The first-order chi connectivity index (χ1) is 12.0. The molecule has 5 nitrogen and oxygen atoms in total. The summed E-state index contributed by atoms with van der Waals surface area (Å²) in [6, 6.07) is 6.71. The lowest BCUT2D eigenvalue weighted by Crippen LogP contribution is -2.51. The predicted molar refractivity (Wildman–Crippen MR) is 98.7 cm³/mol. The van der Waals surface area contributed by atoms with Gasteiger partial charge < -0.3 is 15.4 Å². The van der Waals surface area contributed by atoms with Gasteiger partial charge in [-0.2, -0.15) is 0 Å². The molecular weight excluding hydrogens is 384 g/mol. The number of carbonyl (C=O) groups excluding carboxylic acids is 2. The third kappa shape index (κ3) is 4.42. The second-order valence-corrected chi connectivity index (χ2v) is 7.68. The van der Waals surface area contributed by atoms with Crippen molar-refractivity contribution >= 4 is 27.9 Å². The van der Waals surface area contributed by atoms with E-state index < -0.39 is 12.0 Å². The molecule has 1 saturated heterocycles. The number of ether oxygens (including phenoxy) is 1. The number of hydrogen-bond acceptors (Lipinski definition) is 3. The number of rotatable bonds is 4. The van der Waals surface area contributed by atoms with Crippen molar-refractivity contribution in [2.45, 2.75) is 38.1 Å². The van der Waals surface area contributed by atoms with Gasteiger partial charge in [-0.15, -0.1) is 0 Å². The number of benzene rings is 1. The summed E-state index contributed by atoms with van der Waals surface area (Å²) >= 11 is 3.43. The van der Waals surface area contributed by atoms with Gasteiger partial charge in [-0.1, -0.05) is 53.9 Å². The highest BCUT2D eigenvalue weighted by Gasteiger charge is 2.39. The number of nitrogens with one attached hydrogen (secondary N) is 2. The lowest BCUT2D eigenvalue weighted by molar-refractivity contribution is -0.150. The van der Waals surface area contributed by atoms with Gasteiger partial charge in [0, 0.05) is 10.2 Å². The lowest BCUT2D eigenvalue weighted by Gasteiger charge is -2.33. The summed E-state index contributed by atoms with van der Waals surface area (Å²) < 4.78 is 6.49. The normalized spacial score (nSPS) is 24.4. The first-order valence-electron chi connectivity index (χ1n) is 8.73. The number of amides is 2. The van der Waals surface area contributed by atoms with Gasteiger partial charge in [0.15, 0.2) is 0 Å². The molecular formula is C19H23BrN2O3. The Labute approximate surface area is 156 Å². The molecule has 0 spiro atoms. The maximum atomic E-state index is 12.7. The van der Waals surface area contributed by atoms with Crippen LogP contribution in [0.2, 0.25) is 0 Å². The van der Waals surface area contributed by atoms with Crippen LogP contribution in [0, 0.1) is 11.8 Å². The molecule has 0 bridgehead atoms. The van der Waals surface area contributed by atoms with E-state index in [1.807, 2.05) is 24.3 Å². The molecule has 1 heterocycles. The number of hydrogen-bond donors (Lipinski definition) is 2. The zero-order valence-corrected chi connectivity index (χ0v) is 15.7. The average molecular weight is 407 g/mol. The van der Waals surface area contributed by atoms with Crippen LogP contribution in [0.1, 0.15) is 43.7 Å². The van der Waals surface area contributed by atoms with E-state index in [0.717, 1.165) is 22.9 Å². The predicted octanol–water partition coefficient (Wildman–Crippen LogP) is 4.06. The molecule has 134 valence electrons. The van der Waals surface area contributed by atoms with Crippen molar-refractivity contribution in [3.63, 3.8) is 0 Å². The van der Waals surface area contributed by atoms with Gasteiger partial charge in [0.05, 0.1) is 12.6 Å². The van der Waals surface area contributed by atoms with Gasteiger partial charge in [0.1, 0.15) is 5.92 Å². The van der Waals surface area contributed by atoms with Gasteiger partial charge in [0.2, 0.25) is 0 Å². The fourth-order valence-electron chi connectivity index (χ4n) is 3.58. The third-order valence-electron chi connectivity index (χ3n) is 4.92. The smallest absolute Gasteiger partial charge is 0.319 e. The third-order valence-corrected chi connectivity index (χ3v) is 5.41. The fourth-order valence-corrected chi connectivity index (χ4v) is 4.00. The molecule has 6 heteroatoms. The number of halogens is 1. The van der Waals surface area contributed by atoms with Crippen LogP contribution in [0.4, 0.5) is 4.79 Å². The van der Waals surface area contributed by atoms with Crippen LogP contribution in [0.5, 0.6) is 0 Å². The quantitative estimate of drug-likeness (QED) is 0.740. The minimum absolute atomic E-state index is 0.340. The fraction of sp³-hybridized carbons (Fsp3) is 0.474. The molecule has 3 rings (SSSR count). The highest BCUT2D eigenvalue weighted by molar-refractivity contribution is 9.10. The van der Waals surface area contributed by atoms with Crippen molar-refractivity contribution < 1.29 is 14.3 Å². The summed E-state index contributed by atoms with van der Waals surface area (Å²) in [4.78, 5) is 24.6. The van der Waals surface area contributed by atoms with E-state index in [1.54, 1.807) is 0 Å². The first kappa shape index (κ1) is 18.0. The van der Waals surface area contributed by atoms with Gasteiger partial charge in [0.25, 0.3) is 0 Å². The monoisotopic (exact) mass is 406 g/mol. The molecule has 2 fully saturated rings. The summed E-state index contributed by atoms with van der Waals surface area (Å²) in [6.07, 6.45) is 5.91. The Hall–Kier alpha value is -1.82. The summed E-state index contributed by atoms with van der Waals surface area (Å²) in [5.41, 5.74) is 1.22. The Morgan fingerprint density at radius 1 is 1.28 bits per heavy atom. The van der Waals surface area contributed by atoms with Gasteiger partial charge in [-0.25, -0.2) is 4.79 Å². The van der Waals surface area contributed by atoms with E-state index in [4.69, 9.17) is 4.74 Å². The highest BCUT2D eigenvalue weighted by atomic mass is 79.9. The van der Waals surface area contributed by atoms with Gasteiger partial charge in [-0.05, 0) is 36.5 Å². The van der Waals surface area contributed by atoms with Crippen molar-refractivity contribution in [3.05, 3.63) is 46.6 Å². The number of esters is 1. The molecule has 0 radical (unpaired) electrons. The van der Waals surface area contributed by atoms with Crippen molar-refractivity contribution in [1.29, 1.82) is 0 Å². The summed E-state index contributed by atoms with van der Waals surface area (Å²) in [7, 11) is 0. The molecule has 1 saturated carbocycles. The minimum atomic E-state index is -0.643. The van der Waals surface area contributed by atoms with Crippen LogP contribution in [0.15, 0.2) is 41.0 Å². The molecule has 2 amide bonds. The van der Waals surface area contributed by atoms with Crippen molar-refractivity contribution in [3.8, 4) is 0 Å². The topological polar surface area (TPSA) is 67.4 Å². The zero-order chi connectivity index (χ0) is 17.8. The molecule has 2 N–H and O–H groups in total. The average Bonchev–Trinajstić information content (AvgIpc) is 2.60. The molecule has 1 aliphatic heterocycles. The molecule has 1 aliphatic carbocycles. The Morgan fingerprint density at radius 3 is 2.76 bits per heavy atom. The van der Waals surface area contributed by atoms with Crippen LogP contribution >= 0.6 is 15.9 Å².